The number of nitro groups is 1. The Kier molecular flexibility index (Phi) is 5.29. The molecule has 1 aromatic heterocycles. The topological polar surface area (TPSA) is 142 Å². The highest BCUT2D eigenvalue weighted by Gasteiger charge is 2.30. The predicted molar refractivity (Wildman–Crippen MR) is 111 cm³/mol. The molecule has 1 aliphatic heterocycles. The predicted octanol–water partition coefficient (Wildman–Crippen LogP) is 2.75. The minimum atomic E-state index is -3.90. The molecule has 11 heteroatoms. The fraction of sp³-hybridized carbons (Fsp3) is 0.389. The van der Waals surface area contributed by atoms with E-state index in [4.69, 9.17) is 5.73 Å². The molecule has 0 radical (unpaired) electrons. The SMILES string of the molecule is CC(C)(C)NS(=O)(=O)c1ccc(N2CCc3c(sc(N)c3C#N)C2)c([N+](=O)[O-])c1. The molecule has 2 heterocycles. The van der Waals surface area contributed by atoms with Crippen molar-refractivity contribution in [3.05, 3.63) is 44.3 Å². The smallest absolute Gasteiger partial charge is 0.293 e. The number of nitriles is 1. The van der Waals surface area contributed by atoms with Gasteiger partial charge in [-0.25, -0.2) is 13.1 Å². The number of nitrogen functional groups attached to an aromatic ring is 1. The van der Waals surface area contributed by atoms with E-state index in [1.54, 1.807) is 20.8 Å². The monoisotopic (exact) mass is 435 g/mol. The lowest BCUT2D eigenvalue weighted by molar-refractivity contribution is -0.384. The summed E-state index contributed by atoms with van der Waals surface area (Å²) in [6.45, 7) is 5.92. The van der Waals surface area contributed by atoms with Gasteiger partial charge in [0.1, 0.15) is 16.8 Å². The van der Waals surface area contributed by atoms with Gasteiger partial charge in [0.05, 0.1) is 21.9 Å². The standard InChI is InChI=1S/C18H21N5O4S2/c1-18(2,3)21-29(26,27)11-4-5-14(15(8-11)23(24)25)22-7-6-12-13(9-19)17(20)28-16(12)10-22/h4-5,8,21H,6-7,10,20H2,1-3H3. The lowest BCUT2D eigenvalue weighted by Gasteiger charge is -2.29. The van der Waals surface area contributed by atoms with Crippen molar-refractivity contribution in [2.75, 3.05) is 17.2 Å². The van der Waals surface area contributed by atoms with Gasteiger partial charge in [-0.05, 0) is 44.9 Å². The van der Waals surface area contributed by atoms with Crippen LogP contribution in [0.1, 0.15) is 36.8 Å². The second-order valence-corrected chi connectivity index (χ2v) is 10.6. The Hall–Kier alpha value is -2.68. The number of nitrogens with two attached hydrogens (primary N) is 1. The maximum absolute atomic E-state index is 12.6. The first kappa shape index (κ1) is 21.0. The summed E-state index contributed by atoms with van der Waals surface area (Å²) in [7, 11) is -3.90. The Balaban J connectivity index is 1.99. The van der Waals surface area contributed by atoms with Crippen molar-refractivity contribution in [1.82, 2.24) is 4.72 Å². The van der Waals surface area contributed by atoms with Crippen LogP contribution < -0.4 is 15.4 Å². The molecule has 29 heavy (non-hydrogen) atoms. The molecule has 0 saturated carbocycles. The highest BCUT2D eigenvalue weighted by atomic mass is 32.2. The van der Waals surface area contributed by atoms with Crippen LogP contribution in [-0.2, 0) is 23.0 Å². The number of anilines is 2. The van der Waals surface area contributed by atoms with Gasteiger partial charge >= 0.3 is 0 Å². The first-order valence-corrected chi connectivity index (χ1v) is 11.1. The number of fused-ring (bicyclic) bond motifs is 1. The molecular weight excluding hydrogens is 414 g/mol. The fourth-order valence-electron chi connectivity index (χ4n) is 3.30. The molecule has 0 saturated heterocycles. The number of hydrogen-bond acceptors (Lipinski definition) is 8. The van der Waals surface area contributed by atoms with Gasteiger partial charge < -0.3 is 10.6 Å². The molecule has 2 aromatic rings. The van der Waals surface area contributed by atoms with Crippen molar-refractivity contribution >= 4 is 37.7 Å². The molecule has 0 unspecified atom stereocenters. The molecule has 1 aliphatic rings. The molecule has 9 nitrogen and oxygen atoms in total. The van der Waals surface area contributed by atoms with Crippen LogP contribution in [0.2, 0.25) is 0 Å². The molecule has 0 atom stereocenters. The summed E-state index contributed by atoms with van der Waals surface area (Å²) in [6, 6.07) is 6.03. The molecule has 154 valence electrons. The van der Waals surface area contributed by atoms with Crippen molar-refractivity contribution in [3.63, 3.8) is 0 Å². The minimum absolute atomic E-state index is 0.160. The van der Waals surface area contributed by atoms with E-state index in [-0.39, 0.29) is 10.6 Å². The van der Waals surface area contributed by atoms with Gasteiger partial charge in [-0.15, -0.1) is 11.3 Å². The molecule has 0 fully saturated rings. The van der Waals surface area contributed by atoms with Gasteiger partial charge in [0.2, 0.25) is 10.0 Å². The number of benzene rings is 1. The zero-order valence-electron chi connectivity index (χ0n) is 16.2. The van der Waals surface area contributed by atoms with Crippen LogP contribution in [0, 0.1) is 21.4 Å². The van der Waals surface area contributed by atoms with Crippen molar-refractivity contribution in [2.45, 2.75) is 44.2 Å². The number of thiophene rings is 1. The fourth-order valence-corrected chi connectivity index (χ4v) is 5.82. The second kappa shape index (κ2) is 7.29. The third kappa shape index (κ3) is 4.19. The van der Waals surface area contributed by atoms with Gasteiger partial charge in [-0.3, -0.25) is 10.1 Å². The maximum atomic E-state index is 12.6. The molecule has 3 N–H and O–H groups in total. The van der Waals surface area contributed by atoms with E-state index in [9.17, 15) is 23.8 Å². The van der Waals surface area contributed by atoms with Crippen LogP contribution in [0.4, 0.5) is 16.4 Å². The minimum Gasteiger partial charge on any atom is -0.389 e. The zero-order valence-corrected chi connectivity index (χ0v) is 17.9. The molecule has 3 rings (SSSR count). The first-order valence-electron chi connectivity index (χ1n) is 8.80. The summed E-state index contributed by atoms with van der Waals surface area (Å²) in [6.07, 6.45) is 0.536. The number of nitrogens with zero attached hydrogens (tertiary/aromatic N) is 3. The average Bonchev–Trinajstić information content (AvgIpc) is 2.93. The van der Waals surface area contributed by atoms with E-state index >= 15 is 0 Å². The Bertz CT molecular complexity index is 1130. The summed E-state index contributed by atoms with van der Waals surface area (Å²) in [5.41, 5.74) is 6.62. The van der Waals surface area contributed by atoms with Crippen molar-refractivity contribution in [1.29, 1.82) is 5.26 Å². The van der Waals surface area contributed by atoms with E-state index in [1.165, 1.54) is 23.5 Å². The normalized spacial score (nSPS) is 14.3. The Labute approximate surface area is 172 Å². The second-order valence-electron chi connectivity index (χ2n) is 7.79. The van der Waals surface area contributed by atoms with E-state index in [0.29, 0.717) is 35.8 Å². The summed E-state index contributed by atoms with van der Waals surface area (Å²) in [5.74, 6) is 0. The van der Waals surface area contributed by atoms with Gasteiger partial charge in [-0.2, -0.15) is 5.26 Å². The van der Waals surface area contributed by atoms with E-state index < -0.39 is 20.5 Å². The lowest BCUT2D eigenvalue weighted by atomic mass is 10.0. The van der Waals surface area contributed by atoms with Gasteiger partial charge in [0.15, 0.2) is 0 Å². The first-order chi connectivity index (χ1) is 13.4. The van der Waals surface area contributed by atoms with E-state index in [1.807, 2.05) is 4.90 Å². The van der Waals surface area contributed by atoms with Crippen molar-refractivity contribution in [3.8, 4) is 6.07 Å². The van der Waals surface area contributed by atoms with Crippen LogP contribution in [0.5, 0.6) is 0 Å². The summed E-state index contributed by atoms with van der Waals surface area (Å²) in [5, 5.41) is 21.4. The molecule has 0 spiro atoms. The lowest BCUT2D eigenvalue weighted by Crippen LogP contribution is -2.40. The molecule has 0 aliphatic carbocycles. The Morgan fingerprint density at radius 3 is 2.66 bits per heavy atom. The van der Waals surface area contributed by atoms with E-state index in [2.05, 4.69) is 10.8 Å². The van der Waals surface area contributed by atoms with Crippen LogP contribution in [-0.4, -0.2) is 25.4 Å². The number of rotatable bonds is 4. The Morgan fingerprint density at radius 1 is 1.38 bits per heavy atom. The zero-order chi connectivity index (χ0) is 21.6. The maximum Gasteiger partial charge on any atom is 0.293 e. The Morgan fingerprint density at radius 2 is 2.07 bits per heavy atom. The third-order valence-corrected chi connectivity index (χ3v) is 7.23. The third-order valence-electron chi connectivity index (χ3n) is 4.43. The molecular formula is C18H21N5O4S2. The number of sulfonamides is 1. The van der Waals surface area contributed by atoms with Crippen LogP contribution in [0.3, 0.4) is 0 Å². The number of nitrogens with one attached hydrogen (secondary N) is 1. The summed E-state index contributed by atoms with van der Waals surface area (Å²) in [4.78, 5) is 13.6. The summed E-state index contributed by atoms with van der Waals surface area (Å²) < 4.78 is 27.6. The van der Waals surface area contributed by atoms with Crippen molar-refractivity contribution < 1.29 is 13.3 Å². The number of nitro benzene ring substituents is 1. The molecule has 0 amide bonds. The van der Waals surface area contributed by atoms with E-state index in [0.717, 1.165) is 16.5 Å². The van der Waals surface area contributed by atoms with Gasteiger partial charge in [-0.1, -0.05) is 0 Å². The summed E-state index contributed by atoms with van der Waals surface area (Å²) >= 11 is 1.31. The highest BCUT2D eigenvalue weighted by Crippen LogP contribution is 2.39. The van der Waals surface area contributed by atoms with Crippen molar-refractivity contribution in [2.24, 2.45) is 0 Å². The average molecular weight is 436 g/mol. The van der Waals surface area contributed by atoms with Gasteiger partial charge in [0.25, 0.3) is 5.69 Å². The molecule has 0 bridgehead atoms. The number of hydrogen-bond donors (Lipinski definition) is 2. The highest BCUT2D eigenvalue weighted by molar-refractivity contribution is 7.89. The van der Waals surface area contributed by atoms with Crippen LogP contribution in [0.15, 0.2) is 23.1 Å². The largest absolute Gasteiger partial charge is 0.389 e. The quantitative estimate of drug-likeness (QED) is 0.555. The molecule has 1 aromatic carbocycles. The van der Waals surface area contributed by atoms with Crippen LogP contribution >= 0.6 is 11.3 Å². The van der Waals surface area contributed by atoms with Crippen LogP contribution in [0.25, 0.3) is 0 Å². The van der Waals surface area contributed by atoms with Gasteiger partial charge in [0, 0.05) is 23.0 Å².